The van der Waals surface area contributed by atoms with Crippen LogP contribution in [0.3, 0.4) is 0 Å². The summed E-state index contributed by atoms with van der Waals surface area (Å²) >= 11 is 0. The molecule has 4 aliphatic carbocycles. The van der Waals surface area contributed by atoms with Crippen LogP contribution in [-0.2, 0) is 0 Å². The fourth-order valence-corrected chi connectivity index (χ4v) is 9.15. The highest BCUT2D eigenvalue weighted by Gasteiger charge is 2.37. The molecule has 0 N–H and O–H groups in total. The van der Waals surface area contributed by atoms with E-state index in [1.54, 1.807) is 0 Å². The molecule has 0 radical (unpaired) electrons. The Bertz CT molecular complexity index is 2640. The van der Waals surface area contributed by atoms with Crippen LogP contribution in [0.25, 0.3) is 88.3 Å². The van der Waals surface area contributed by atoms with Gasteiger partial charge in [0.2, 0.25) is 0 Å². The summed E-state index contributed by atoms with van der Waals surface area (Å²) in [6, 6.07) is 50.0. The molecule has 48 heavy (non-hydrogen) atoms. The first-order chi connectivity index (χ1) is 23.8. The molecule has 7 aromatic rings. The van der Waals surface area contributed by atoms with Crippen molar-refractivity contribution >= 4 is 32.7 Å². The second-order valence-electron chi connectivity index (χ2n) is 13.5. The molecule has 0 nitrogen and oxygen atoms in total. The van der Waals surface area contributed by atoms with Gasteiger partial charge in [0, 0.05) is 11.8 Å². The van der Waals surface area contributed by atoms with E-state index < -0.39 is 0 Å². The van der Waals surface area contributed by atoms with Gasteiger partial charge in [-0.15, -0.1) is 0 Å². The number of rotatable bonds is 3. The van der Waals surface area contributed by atoms with E-state index in [9.17, 15) is 0 Å². The summed E-state index contributed by atoms with van der Waals surface area (Å²) < 4.78 is 0. The Morgan fingerprint density at radius 1 is 0.375 bits per heavy atom. The van der Waals surface area contributed by atoms with Crippen LogP contribution in [0.1, 0.15) is 11.1 Å². The van der Waals surface area contributed by atoms with Crippen LogP contribution in [0.15, 0.2) is 170 Å². The van der Waals surface area contributed by atoms with Gasteiger partial charge < -0.3 is 0 Å². The summed E-state index contributed by atoms with van der Waals surface area (Å²) in [7, 11) is 0. The van der Waals surface area contributed by atoms with E-state index in [2.05, 4.69) is 170 Å². The average Bonchev–Trinajstić information content (AvgIpc) is 3.66. The maximum atomic E-state index is 2.47. The van der Waals surface area contributed by atoms with Crippen molar-refractivity contribution in [1.82, 2.24) is 0 Å². The third-order valence-electron chi connectivity index (χ3n) is 11.1. The number of fused-ring (bicyclic) bond motifs is 7. The minimum Gasteiger partial charge on any atom is -0.0767 e. The van der Waals surface area contributed by atoms with Crippen molar-refractivity contribution < 1.29 is 0 Å². The lowest BCUT2D eigenvalue weighted by atomic mass is 9.78. The highest BCUT2D eigenvalue weighted by atomic mass is 14.4. The summed E-state index contributed by atoms with van der Waals surface area (Å²) in [5.74, 6) is 0.883. The molecular formula is C48H30. The first kappa shape index (κ1) is 26.1. The van der Waals surface area contributed by atoms with E-state index in [0.29, 0.717) is 11.8 Å². The Hall–Kier alpha value is -5.98. The van der Waals surface area contributed by atoms with Crippen LogP contribution in [-0.4, -0.2) is 0 Å². The molecule has 0 aromatic heterocycles. The topological polar surface area (TPSA) is 0 Å². The Kier molecular flexibility index (Phi) is 5.32. The first-order valence-corrected chi connectivity index (χ1v) is 17.0. The lowest BCUT2D eigenvalue weighted by Gasteiger charge is -2.25. The van der Waals surface area contributed by atoms with Gasteiger partial charge in [0.25, 0.3) is 0 Å². The van der Waals surface area contributed by atoms with Crippen molar-refractivity contribution in [3.05, 3.63) is 181 Å². The molecule has 2 unspecified atom stereocenters. The van der Waals surface area contributed by atoms with E-state index in [1.807, 2.05) is 0 Å². The number of hydrogen-bond donors (Lipinski definition) is 0. The predicted molar refractivity (Wildman–Crippen MR) is 203 cm³/mol. The van der Waals surface area contributed by atoms with Crippen molar-refractivity contribution in [1.29, 1.82) is 0 Å². The zero-order valence-electron chi connectivity index (χ0n) is 26.3. The minimum atomic E-state index is 0.437. The number of benzene rings is 7. The first-order valence-electron chi connectivity index (χ1n) is 17.0. The number of hydrogen-bond acceptors (Lipinski definition) is 0. The lowest BCUT2D eigenvalue weighted by molar-refractivity contribution is 0.707. The Balaban J connectivity index is 1.23. The molecule has 0 fully saturated rings. The SMILES string of the molecule is C1=CC2C=CC=C3c4cc(-c5ccc6c(-c7ccccc7)c7c(c(-c8ccccc8)c6c5)-c5cccc6cccc-7c56)ccc4C(=C1)C32. The molecule has 0 bridgehead atoms. The van der Waals surface area contributed by atoms with E-state index in [1.165, 1.54) is 99.5 Å². The molecular weight excluding hydrogens is 577 g/mol. The molecule has 7 aromatic carbocycles. The Morgan fingerprint density at radius 2 is 0.958 bits per heavy atom. The maximum Gasteiger partial charge on any atom is 0.0199 e. The molecule has 4 aliphatic rings. The number of allylic oxidation sites excluding steroid dienone is 8. The Labute approximate surface area is 280 Å². The highest BCUT2D eigenvalue weighted by Crippen LogP contribution is 2.58. The maximum absolute atomic E-state index is 2.47. The molecule has 0 spiro atoms. The predicted octanol–water partition coefficient (Wildman–Crippen LogP) is 12.8. The third-order valence-corrected chi connectivity index (χ3v) is 11.1. The molecule has 0 amide bonds. The summed E-state index contributed by atoms with van der Waals surface area (Å²) in [5, 5.41) is 5.24. The van der Waals surface area contributed by atoms with Gasteiger partial charge in [-0.05, 0) is 112 Å². The molecule has 0 heterocycles. The summed E-state index contributed by atoms with van der Waals surface area (Å²) in [4.78, 5) is 0. The van der Waals surface area contributed by atoms with Crippen molar-refractivity contribution in [3.63, 3.8) is 0 Å². The summed E-state index contributed by atoms with van der Waals surface area (Å²) in [5.41, 5.74) is 18.7. The fourth-order valence-electron chi connectivity index (χ4n) is 9.15. The van der Waals surface area contributed by atoms with Gasteiger partial charge in [-0.3, -0.25) is 0 Å². The standard InChI is InChI=1S/C48H30/c1-3-11-31(12-4-1)45-38-26-24-34(33-23-25-35-36-19-7-15-29-16-8-20-37(43(29)36)41(35)27-33)28-42(38)46(32-13-5-2-6-14-32)48-40-22-10-18-30-17-9-21-39(44(30)40)47(45)48/h1-29,43H. The van der Waals surface area contributed by atoms with Gasteiger partial charge in [-0.25, -0.2) is 0 Å². The van der Waals surface area contributed by atoms with Gasteiger partial charge in [0.05, 0.1) is 0 Å². The van der Waals surface area contributed by atoms with Crippen LogP contribution in [0.5, 0.6) is 0 Å². The third kappa shape index (κ3) is 3.50. The second kappa shape index (κ2) is 9.77. The van der Waals surface area contributed by atoms with E-state index in [-0.39, 0.29) is 0 Å². The highest BCUT2D eigenvalue weighted by molar-refractivity contribution is 6.27. The average molecular weight is 607 g/mol. The van der Waals surface area contributed by atoms with Crippen molar-refractivity contribution in [2.45, 2.75) is 0 Å². The van der Waals surface area contributed by atoms with Gasteiger partial charge in [-0.2, -0.15) is 0 Å². The van der Waals surface area contributed by atoms with Gasteiger partial charge in [-0.1, -0.05) is 158 Å². The molecule has 0 aliphatic heterocycles. The molecule has 0 heteroatoms. The van der Waals surface area contributed by atoms with Gasteiger partial charge >= 0.3 is 0 Å². The zero-order valence-corrected chi connectivity index (χ0v) is 26.3. The van der Waals surface area contributed by atoms with Crippen molar-refractivity contribution in [2.24, 2.45) is 11.8 Å². The van der Waals surface area contributed by atoms with Crippen LogP contribution in [0.4, 0.5) is 0 Å². The van der Waals surface area contributed by atoms with E-state index in [0.717, 1.165) is 0 Å². The summed E-state index contributed by atoms with van der Waals surface area (Å²) in [6.07, 6.45) is 13.8. The van der Waals surface area contributed by atoms with Crippen LogP contribution < -0.4 is 0 Å². The molecule has 0 saturated carbocycles. The molecule has 2 atom stereocenters. The monoisotopic (exact) mass is 606 g/mol. The van der Waals surface area contributed by atoms with E-state index in [4.69, 9.17) is 0 Å². The van der Waals surface area contributed by atoms with Gasteiger partial charge in [0.1, 0.15) is 0 Å². The summed E-state index contributed by atoms with van der Waals surface area (Å²) in [6.45, 7) is 0. The van der Waals surface area contributed by atoms with Crippen molar-refractivity contribution in [3.8, 4) is 55.6 Å². The van der Waals surface area contributed by atoms with E-state index >= 15 is 0 Å². The second-order valence-corrected chi connectivity index (χ2v) is 13.5. The lowest BCUT2D eigenvalue weighted by Crippen LogP contribution is -2.13. The van der Waals surface area contributed by atoms with Crippen LogP contribution >= 0.6 is 0 Å². The fraction of sp³-hybridized carbons (Fsp3) is 0.0417. The molecule has 11 rings (SSSR count). The quantitative estimate of drug-likeness (QED) is 0.188. The van der Waals surface area contributed by atoms with Crippen LogP contribution in [0, 0.1) is 11.8 Å². The molecule has 0 saturated heterocycles. The Morgan fingerprint density at radius 3 is 1.62 bits per heavy atom. The zero-order chi connectivity index (χ0) is 31.3. The smallest absolute Gasteiger partial charge is 0.0199 e. The van der Waals surface area contributed by atoms with Crippen LogP contribution in [0.2, 0.25) is 0 Å². The molecule has 222 valence electrons. The van der Waals surface area contributed by atoms with Gasteiger partial charge in [0.15, 0.2) is 0 Å². The normalized spacial score (nSPS) is 17.7. The minimum absolute atomic E-state index is 0.437. The van der Waals surface area contributed by atoms with Crippen molar-refractivity contribution in [2.75, 3.05) is 0 Å². The largest absolute Gasteiger partial charge is 0.0767 e.